The van der Waals surface area contributed by atoms with Crippen molar-refractivity contribution in [3.05, 3.63) is 54.1 Å². The highest BCUT2D eigenvalue weighted by Gasteiger charge is 2.38. The maximum Gasteiger partial charge on any atom is 0.333 e. The van der Waals surface area contributed by atoms with Gasteiger partial charge < -0.3 is 9.40 Å². The SMILES string of the molecule is O=C(CCCn1ccnc1)ON1C(=O)c2ccccc2C1=O. The highest BCUT2D eigenvalue weighted by atomic mass is 16.7. The lowest BCUT2D eigenvalue weighted by Crippen LogP contribution is -2.32. The molecule has 0 N–H and O–H groups in total. The molecule has 0 saturated carbocycles. The smallest absolute Gasteiger partial charge is 0.333 e. The zero-order valence-electron chi connectivity index (χ0n) is 11.6. The molecule has 0 unspecified atom stereocenters. The van der Waals surface area contributed by atoms with Gasteiger partial charge >= 0.3 is 5.97 Å². The van der Waals surface area contributed by atoms with Crippen molar-refractivity contribution in [3.63, 3.8) is 0 Å². The highest BCUT2D eigenvalue weighted by Crippen LogP contribution is 2.22. The van der Waals surface area contributed by atoms with Crippen LogP contribution in [-0.2, 0) is 16.2 Å². The van der Waals surface area contributed by atoms with Crippen molar-refractivity contribution >= 4 is 17.8 Å². The molecule has 1 aromatic carbocycles. The number of hydrogen-bond donors (Lipinski definition) is 0. The molecule has 0 radical (unpaired) electrons. The molecule has 1 aliphatic heterocycles. The predicted octanol–water partition coefficient (Wildman–Crippen LogP) is 1.42. The summed E-state index contributed by atoms with van der Waals surface area (Å²) in [6, 6.07) is 6.37. The molecular weight excluding hydrogens is 286 g/mol. The van der Waals surface area contributed by atoms with E-state index in [1.54, 1.807) is 30.9 Å². The highest BCUT2D eigenvalue weighted by molar-refractivity contribution is 6.20. The number of rotatable bonds is 5. The van der Waals surface area contributed by atoms with Crippen molar-refractivity contribution < 1.29 is 19.2 Å². The number of hydroxylamine groups is 2. The minimum atomic E-state index is -0.616. The fourth-order valence-corrected chi connectivity index (χ4v) is 2.22. The van der Waals surface area contributed by atoms with Gasteiger partial charge in [0.1, 0.15) is 0 Å². The molecule has 112 valence electrons. The zero-order valence-corrected chi connectivity index (χ0v) is 11.6. The second-order valence-corrected chi connectivity index (χ2v) is 4.82. The first-order valence-corrected chi connectivity index (χ1v) is 6.81. The van der Waals surface area contributed by atoms with Crippen LogP contribution in [0.2, 0.25) is 0 Å². The largest absolute Gasteiger partial charge is 0.337 e. The summed E-state index contributed by atoms with van der Waals surface area (Å²) in [5, 5.41) is 0.532. The number of hydrogen-bond acceptors (Lipinski definition) is 5. The molecular formula is C15H13N3O4. The molecule has 2 heterocycles. The molecule has 7 heteroatoms. The van der Waals surface area contributed by atoms with Crippen LogP contribution in [0, 0.1) is 0 Å². The molecule has 0 atom stereocenters. The fraction of sp³-hybridized carbons (Fsp3) is 0.200. The molecule has 0 saturated heterocycles. The number of imidazole rings is 1. The summed E-state index contributed by atoms with van der Waals surface area (Å²) in [5.41, 5.74) is 0.498. The van der Waals surface area contributed by atoms with E-state index in [4.69, 9.17) is 4.84 Å². The number of nitrogens with zero attached hydrogens (tertiary/aromatic N) is 3. The van der Waals surface area contributed by atoms with Gasteiger partial charge in [0.25, 0.3) is 11.8 Å². The third-order valence-electron chi connectivity index (χ3n) is 3.31. The topological polar surface area (TPSA) is 81.5 Å². The van der Waals surface area contributed by atoms with Gasteiger partial charge in [-0.3, -0.25) is 9.59 Å². The number of aryl methyl sites for hydroxylation is 1. The number of carbonyl (C=O) groups is 3. The van der Waals surface area contributed by atoms with Crippen LogP contribution in [0.1, 0.15) is 33.6 Å². The Bertz CT molecular complexity index is 689. The van der Waals surface area contributed by atoms with Crippen molar-refractivity contribution in [1.82, 2.24) is 14.6 Å². The molecule has 0 fully saturated rings. The Hall–Kier alpha value is -2.96. The number of benzene rings is 1. The predicted molar refractivity (Wildman–Crippen MR) is 74.5 cm³/mol. The molecule has 0 spiro atoms. The zero-order chi connectivity index (χ0) is 15.5. The van der Waals surface area contributed by atoms with Gasteiger partial charge in [0.05, 0.1) is 17.5 Å². The normalized spacial score (nSPS) is 13.4. The minimum absolute atomic E-state index is 0.103. The van der Waals surface area contributed by atoms with Crippen LogP contribution in [0.3, 0.4) is 0 Å². The molecule has 0 bridgehead atoms. The summed E-state index contributed by atoms with van der Waals surface area (Å²) in [6.45, 7) is 0.608. The first-order valence-electron chi connectivity index (χ1n) is 6.81. The molecule has 3 rings (SSSR count). The second kappa shape index (κ2) is 5.80. The first-order chi connectivity index (χ1) is 10.7. The lowest BCUT2D eigenvalue weighted by atomic mass is 10.1. The van der Waals surface area contributed by atoms with E-state index in [0.717, 1.165) is 0 Å². The van der Waals surface area contributed by atoms with E-state index in [2.05, 4.69) is 4.98 Å². The van der Waals surface area contributed by atoms with Gasteiger partial charge in [0.15, 0.2) is 0 Å². The summed E-state index contributed by atoms with van der Waals surface area (Å²) in [7, 11) is 0. The van der Waals surface area contributed by atoms with Gasteiger partial charge in [0.2, 0.25) is 0 Å². The summed E-state index contributed by atoms with van der Waals surface area (Å²) >= 11 is 0. The van der Waals surface area contributed by atoms with E-state index >= 15 is 0 Å². The van der Waals surface area contributed by atoms with E-state index < -0.39 is 17.8 Å². The molecule has 0 aliphatic carbocycles. The Labute approximate surface area is 126 Å². The van der Waals surface area contributed by atoms with Crippen LogP contribution in [-0.4, -0.2) is 32.4 Å². The van der Waals surface area contributed by atoms with Gasteiger partial charge in [0, 0.05) is 25.4 Å². The van der Waals surface area contributed by atoms with Crippen molar-refractivity contribution in [2.45, 2.75) is 19.4 Å². The number of fused-ring (bicyclic) bond motifs is 1. The van der Waals surface area contributed by atoms with Crippen LogP contribution in [0.25, 0.3) is 0 Å². The Morgan fingerprint density at radius 1 is 1.14 bits per heavy atom. The lowest BCUT2D eigenvalue weighted by Gasteiger charge is -2.12. The number of imide groups is 1. The summed E-state index contributed by atoms with van der Waals surface area (Å²) < 4.78 is 1.83. The third-order valence-corrected chi connectivity index (χ3v) is 3.31. The van der Waals surface area contributed by atoms with Crippen LogP contribution in [0.5, 0.6) is 0 Å². The van der Waals surface area contributed by atoms with E-state index in [-0.39, 0.29) is 17.5 Å². The lowest BCUT2D eigenvalue weighted by molar-refractivity contribution is -0.168. The van der Waals surface area contributed by atoms with E-state index in [9.17, 15) is 14.4 Å². The molecule has 2 aromatic rings. The van der Waals surface area contributed by atoms with Gasteiger partial charge in [-0.05, 0) is 18.6 Å². The van der Waals surface area contributed by atoms with Crippen molar-refractivity contribution in [3.8, 4) is 0 Å². The molecule has 1 aliphatic rings. The molecule has 7 nitrogen and oxygen atoms in total. The average Bonchev–Trinajstić information content (AvgIpc) is 3.11. The number of carbonyl (C=O) groups excluding carboxylic acids is 3. The van der Waals surface area contributed by atoms with Crippen LogP contribution < -0.4 is 0 Å². The molecule has 1 aromatic heterocycles. The van der Waals surface area contributed by atoms with Gasteiger partial charge in [-0.2, -0.15) is 0 Å². The Morgan fingerprint density at radius 3 is 2.41 bits per heavy atom. The standard InChI is InChI=1S/C15H13N3O4/c19-13(6-3-8-17-9-7-16-10-17)22-18-14(20)11-4-1-2-5-12(11)15(18)21/h1-2,4-5,7,9-10H,3,6,8H2. The van der Waals surface area contributed by atoms with Crippen LogP contribution in [0.4, 0.5) is 0 Å². The Balaban J connectivity index is 1.56. The average molecular weight is 299 g/mol. The second-order valence-electron chi connectivity index (χ2n) is 4.82. The van der Waals surface area contributed by atoms with Crippen molar-refractivity contribution in [1.29, 1.82) is 0 Å². The van der Waals surface area contributed by atoms with E-state index in [1.807, 2.05) is 4.57 Å². The maximum atomic E-state index is 12.0. The van der Waals surface area contributed by atoms with Crippen LogP contribution >= 0.6 is 0 Å². The molecule has 22 heavy (non-hydrogen) atoms. The summed E-state index contributed by atoms with van der Waals surface area (Å²) in [6.07, 6.45) is 5.71. The minimum Gasteiger partial charge on any atom is -0.337 e. The Kier molecular flexibility index (Phi) is 3.69. The number of aromatic nitrogens is 2. The van der Waals surface area contributed by atoms with Gasteiger partial charge in [-0.15, -0.1) is 0 Å². The molecule has 2 amide bonds. The van der Waals surface area contributed by atoms with E-state index in [1.165, 1.54) is 12.1 Å². The third kappa shape index (κ3) is 2.60. The number of amides is 2. The summed E-state index contributed by atoms with van der Waals surface area (Å²) in [5.74, 6) is -1.83. The van der Waals surface area contributed by atoms with E-state index in [0.29, 0.717) is 18.0 Å². The van der Waals surface area contributed by atoms with Gasteiger partial charge in [-0.1, -0.05) is 17.2 Å². The van der Waals surface area contributed by atoms with Crippen LogP contribution in [0.15, 0.2) is 43.0 Å². The fourth-order valence-electron chi connectivity index (χ4n) is 2.22. The van der Waals surface area contributed by atoms with Crippen molar-refractivity contribution in [2.75, 3.05) is 0 Å². The first kappa shape index (κ1) is 14.0. The van der Waals surface area contributed by atoms with Crippen molar-refractivity contribution in [2.24, 2.45) is 0 Å². The monoisotopic (exact) mass is 299 g/mol. The Morgan fingerprint density at radius 2 is 1.82 bits per heavy atom. The van der Waals surface area contributed by atoms with Gasteiger partial charge in [-0.25, -0.2) is 9.78 Å². The quantitative estimate of drug-likeness (QED) is 0.780. The maximum absolute atomic E-state index is 12.0. The summed E-state index contributed by atoms with van der Waals surface area (Å²) in [4.78, 5) is 44.6.